The number of hydrogen-bond donors (Lipinski definition) is 0. The third kappa shape index (κ3) is 2.82. The van der Waals surface area contributed by atoms with Gasteiger partial charge in [-0.1, -0.05) is 17.7 Å². The minimum Gasteiger partial charge on any atom is -0.496 e. The highest BCUT2D eigenvalue weighted by atomic mass is 79.9. The Balaban J connectivity index is 1.78. The van der Waals surface area contributed by atoms with Crippen molar-refractivity contribution in [3.05, 3.63) is 57.8 Å². The fourth-order valence-electron chi connectivity index (χ4n) is 3.46. The minimum absolute atomic E-state index is 0.0301. The number of aryl methyl sites for hydroxylation is 2. The standard InChI is InChI=1S/C20H18BrNO3/c1-12-5-6-16-13(8-12)4-3-7-22(16)20(23)14-9-17(24-2)15-11-19(21)25-18(15)10-14/h5-6,8-11H,3-4,7H2,1-2H3. The van der Waals surface area contributed by atoms with E-state index in [1.807, 2.05) is 17.0 Å². The largest absolute Gasteiger partial charge is 0.496 e. The number of amides is 1. The van der Waals surface area contributed by atoms with E-state index in [9.17, 15) is 4.79 Å². The van der Waals surface area contributed by atoms with Gasteiger partial charge < -0.3 is 14.1 Å². The predicted molar refractivity (Wildman–Crippen MR) is 102 cm³/mol. The van der Waals surface area contributed by atoms with Gasteiger partial charge >= 0.3 is 0 Å². The molecule has 0 saturated heterocycles. The van der Waals surface area contributed by atoms with Gasteiger partial charge in [0.25, 0.3) is 5.91 Å². The quantitative estimate of drug-likeness (QED) is 0.601. The minimum atomic E-state index is -0.0301. The molecule has 0 saturated carbocycles. The van der Waals surface area contributed by atoms with Crippen molar-refractivity contribution < 1.29 is 13.9 Å². The van der Waals surface area contributed by atoms with E-state index in [2.05, 4.69) is 35.0 Å². The summed E-state index contributed by atoms with van der Waals surface area (Å²) in [4.78, 5) is 15.0. The number of nitrogens with zero attached hydrogens (tertiary/aromatic N) is 1. The number of halogens is 1. The highest BCUT2D eigenvalue weighted by Crippen LogP contribution is 2.34. The number of anilines is 1. The normalized spacial score (nSPS) is 13.8. The van der Waals surface area contributed by atoms with E-state index in [0.717, 1.165) is 30.5 Å². The summed E-state index contributed by atoms with van der Waals surface area (Å²) in [5.41, 5.74) is 4.65. The van der Waals surface area contributed by atoms with Gasteiger partial charge in [-0.05, 0) is 59.5 Å². The molecular formula is C20H18BrNO3. The van der Waals surface area contributed by atoms with Gasteiger partial charge in [-0.25, -0.2) is 0 Å². The van der Waals surface area contributed by atoms with E-state index in [1.54, 1.807) is 19.2 Å². The molecule has 1 aliphatic rings. The maximum atomic E-state index is 13.2. The SMILES string of the molecule is COc1cc(C(=O)N2CCCc3cc(C)ccc32)cc2oc(Br)cc12. The van der Waals surface area contributed by atoms with Crippen molar-refractivity contribution >= 4 is 38.5 Å². The first-order chi connectivity index (χ1) is 12.1. The predicted octanol–water partition coefficient (Wildman–Crippen LogP) is 5.11. The Morgan fingerprint density at radius 2 is 2.08 bits per heavy atom. The average Bonchev–Trinajstić information content (AvgIpc) is 2.99. The van der Waals surface area contributed by atoms with Gasteiger partial charge in [-0.15, -0.1) is 0 Å². The number of methoxy groups -OCH3 is 1. The summed E-state index contributed by atoms with van der Waals surface area (Å²) in [7, 11) is 1.60. The van der Waals surface area contributed by atoms with Crippen LogP contribution in [0.25, 0.3) is 11.0 Å². The smallest absolute Gasteiger partial charge is 0.258 e. The van der Waals surface area contributed by atoms with Crippen LogP contribution in [0.3, 0.4) is 0 Å². The van der Waals surface area contributed by atoms with E-state index in [4.69, 9.17) is 9.15 Å². The summed E-state index contributed by atoms with van der Waals surface area (Å²) in [6.07, 6.45) is 1.97. The maximum Gasteiger partial charge on any atom is 0.258 e. The second kappa shape index (κ2) is 6.23. The first-order valence-electron chi connectivity index (χ1n) is 8.25. The summed E-state index contributed by atoms with van der Waals surface area (Å²) in [5, 5.41) is 0.848. The Bertz CT molecular complexity index is 976. The molecule has 0 bridgehead atoms. The highest BCUT2D eigenvalue weighted by Gasteiger charge is 2.25. The Hall–Kier alpha value is -2.27. The van der Waals surface area contributed by atoms with E-state index >= 15 is 0 Å². The molecule has 1 aromatic heterocycles. The number of rotatable bonds is 2. The summed E-state index contributed by atoms with van der Waals surface area (Å²) in [5.74, 6) is 0.606. The highest BCUT2D eigenvalue weighted by molar-refractivity contribution is 9.10. The summed E-state index contributed by atoms with van der Waals surface area (Å²) >= 11 is 3.34. The number of carbonyl (C=O) groups is 1. The number of carbonyl (C=O) groups excluding carboxylic acids is 1. The van der Waals surface area contributed by atoms with Crippen molar-refractivity contribution in [1.82, 2.24) is 0 Å². The zero-order valence-corrected chi connectivity index (χ0v) is 15.7. The number of fused-ring (bicyclic) bond motifs is 2. The molecule has 5 heteroatoms. The van der Waals surface area contributed by atoms with Crippen LogP contribution in [-0.4, -0.2) is 19.6 Å². The molecule has 1 amide bonds. The van der Waals surface area contributed by atoms with Crippen LogP contribution in [0.5, 0.6) is 5.75 Å². The Morgan fingerprint density at radius 3 is 2.88 bits per heavy atom. The van der Waals surface area contributed by atoms with Crippen molar-refractivity contribution in [2.24, 2.45) is 0 Å². The van der Waals surface area contributed by atoms with Gasteiger partial charge in [-0.2, -0.15) is 0 Å². The van der Waals surface area contributed by atoms with Crippen molar-refractivity contribution in [2.45, 2.75) is 19.8 Å². The van der Waals surface area contributed by atoms with Crippen LogP contribution in [0.4, 0.5) is 5.69 Å². The average molecular weight is 400 g/mol. The van der Waals surface area contributed by atoms with Crippen molar-refractivity contribution in [1.29, 1.82) is 0 Å². The molecule has 128 valence electrons. The number of hydrogen-bond acceptors (Lipinski definition) is 3. The van der Waals surface area contributed by atoms with Gasteiger partial charge in [-0.3, -0.25) is 4.79 Å². The summed E-state index contributed by atoms with van der Waals surface area (Å²) in [6.45, 7) is 2.80. The lowest BCUT2D eigenvalue weighted by atomic mass is 9.98. The molecule has 3 aromatic rings. The molecular weight excluding hydrogens is 382 g/mol. The molecule has 0 radical (unpaired) electrons. The Kier molecular flexibility index (Phi) is 4.04. The van der Waals surface area contributed by atoms with Gasteiger partial charge in [0.15, 0.2) is 4.67 Å². The molecule has 0 aliphatic carbocycles. The van der Waals surface area contributed by atoms with Crippen molar-refractivity contribution in [3.63, 3.8) is 0 Å². The topological polar surface area (TPSA) is 42.7 Å². The van der Waals surface area contributed by atoms with E-state index in [1.165, 1.54) is 11.1 Å². The molecule has 2 aromatic carbocycles. The fraction of sp³-hybridized carbons (Fsp3) is 0.250. The van der Waals surface area contributed by atoms with Crippen molar-refractivity contribution in [2.75, 3.05) is 18.6 Å². The van der Waals surface area contributed by atoms with Crippen LogP contribution >= 0.6 is 15.9 Å². The van der Waals surface area contributed by atoms with E-state index in [0.29, 0.717) is 21.6 Å². The lowest BCUT2D eigenvalue weighted by molar-refractivity contribution is 0.0985. The molecule has 1 aliphatic heterocycles. The van der Waals surface area contributed by atoms with Crippen LogP contribution in [0.2, 0.25) is 0 Å². The lowest BCUT2D eigenvalue weighted by Crippen LogP contribution is -2.35. The van der Waals surface area contributed by atoms with Gasteiger partial charge in [0, 0.05) is 23.9 Å². The summed E-state index contributed by atoms with van der Waals surface area (Å²) < 4.78 is 11.7. The lowest BCUT2D eigenvalue weighted by Gasteiger charge is -2.30. The third-order valence-corrected chi connectivity index (χ3v) is 5.03. The Labute approximate surface area is 154 Å². The number of ether oxygens (including phenoxy) is 1. The van der Waals surface area contributed by atoms with Crippen LogP contribution in [-0.2, 0) is 6.42 Å². The molecule has 0 N–H and O–H groups in total. The van der Waals surface area contributed by atoms with Gasteiger partial charge in [0.2, 0.25) is 0 Å². The molecule has 0 unspecified atom stereocenters. The monoisotopic (exact) mass is 399 g/mol. The van der Waals surface area contributed by atoms with E-state index in [-0.39, 0.29) is 5.91 Å². The molecule has 0 fully saturated rings. The van der Waals surface area contributed by atoms with Crippen LogP contribution in [0, 0.1) is 6.92 Å². The second-order valence-electron chi connectivity index (χ2n) is 6.33. The van der Waals surface area contributed by atoms with Crippen LogP contribution < -0.4 is 9.64 Å². The maximum absolute atomic E-state index is 13.2. The first kappa shape index (κ1) is 16.2. The molecule has 4 nitrogen and oxygen atoms in total. The number of furan rings is 1. The van der Waals surface area contributed by atoms with Gasteiger partial charge in [0.05, 0.1) is 12.5 Å². The summed E-state index contributed by atoms with van der Waals surface area (Å²) in [6, 6.07) is 11.7. The molecule has 0 spiro atoms. The zero-order valence-electron chi connectivity index (χ0n) is 14.1. The van der Waals surface area contributed by atoms with Crippen LogP contribution in [0.15, 0.2) is 45.5 Å². The molecule has 25 heavy (non-hydrogen) atoms. The van der Waals surface area contributed by atoms with E-state index < -0.39 is 0 Å². The molecule has 0 atom stereocenters. The zero-order chi connectivity index (χ0) is 17.6. The Morgan fingerprint density at radius 1 is 1.24 bits per heavy atom. The molecule has 4 rings (SSSR count). The molecule has 2 heterocycles. The van der Waals surface area contributed by atoms with Crippen LogP contribution in [0.1, 0.15) is 27.9 Å². The van der Waals surface area contributed by atoms with Gasteiger partial charge in [0.1, 0.15) is 11.3 Å². The second-order valence-corrected chi connectivity index (χ2v) is 7.11. The first-order valence-corrected chi connectivity index (χ1v) is 9.04. The third-order valence-electron chi connectivity index (χ3n) is 4.64. The van der Waals surface area contributed by atoms with Crippen molar-refractivity contribution in [3.8, 4) is 5.75 Å². The number of benzene rings is 2. The fourth-order valence-corrected chi connectivity index (χ4v) is 3.86.